The molecule has 0 unspecified atom stereocenters. The van der Waals surface area contributed by atoms with Gasteiger partial charge in [-0.05, 0) is 60.2 Å². The van der Waals surface area contributed by atoms with Gasteiger partial charge in [0.2, 0.25) is 5.13 Å². The monoisotopic (exact) mass is 472 g/mol. The average Bonchev–Trinajstić information content (AvgIpc) is 3.18. The molecule has 2 aromatic heterocycles. The second-order valence-corrected chi connectivity index (χ2v) is 8.16. The fourth-order valence-corrected chi connectivity index (χ4v) is 3.75. The van der Waals surface area contributed by atoms with Gasteiger partial charge in [-0.3, -0.25) is 4.98 Å². The van der Waals surface area contributed by atoms with E-state index in [0.717, 1.165) is 32.0 Å². The van der Waals surface area contributed by atoms with Crippen molar-refractivity contribution in [1.29, 1.82) is 0 Å². The number of benzene rings is 2. The molecule has 0 saturated carbocycles. The molecular formula is C20H14BrClN4OS. The minimum absolute atomic E-state index is 0.450. The van der Waals surface area contributed by atoms with Crippen LogP contribution in [0.5, 0.6) is 5.75 Å². The van der Waals surface area contributed by atoms with E-state index >= 15 is 0 Å². The molecule has 0 spiro atoms. The smallest absolute Gasteiger partial charge is 0.210 e. The van der Waals surface area contributed by atoms with Crippen LogP contribution in [0.25, 0.3) is 10.6 Å². The predicted octanol–water partition coefficient (Wildman–Crippen LogP) is 6.34. The standard InChI is InChI=1S/C20H14BrClN4OS/c21-14-1-6-18(27-12-13-7-9-23-10-8-13)17(11-14)19-25-26-20(28-19)24-16-4-2-15(22)3-5-16/h1-11H,12H2,(H,24,26). The van der Waals surface area contributed by atoms with Crippen molar-refractivity contribution in [3.05, 3.63) is 82.0 Å². The van der Waals surface area contributed by atoms with E-state index in [-0.39, 0.29) is 0 Å². The lowest BCUT2D eigenvalue weighted by molar-refractivity contribution is 0.307. The Morgan fingerprint density at radius 2 is 1.79 bits per heavy atom. The highest BCUT2D eigenvalue weighted by Gasteiger charge is 2.13. The van der Waals surface area contributed by atoms with Crippen LogP contribution in [0, 0.1) is 0 Å². The van der Waals surface area contributed by atoms with Gasteiger partial charge in [0, 0.05) is 27.6 Å². The fourth-order valence-electron chi connectivity index (χ4n) is 2.47. The van der Waals surface area contributed by atoms with Crippen LogP contribution in [0.2, 0.25) is 5.02 Å². The molecule has 0 bridgehead atoms. The Bertz CT molecular complexity index is 1070. The number of hydrogen-bond acceptors (Lipinski definition) is 6. The summed E-state index contributed by atoms with van der Waals surface area (Å²) < 4.78 is 6.97. The van der Waals surface area contributed by atoms with E-state index in [0.29, 0.717) is 16.8 Å². The molecule has 1 N–H and O–H groups in total. The van der Waals surface area contributed by atoms with Crippen molar-refractivity contribution < 1.29 is 4.74 Å². The van der Waals surface area contributed by atoms with Crippen molar-refractivity contribution in [2.75, 3.05) is 5.32 Å². The lowest BCUT2D eigenvalue weighted by atomic mass is 10.2. The van der Waals surface area contributed by atoms with E-state index in [4.69, 9.17) is 16.3 Å². The molecule has 0 fully saturated rings. The van der Waals surface area contributed by atoms with E-state index in [1.165, 1.54) is 11.3 Å². The highest BCUT2D eigenvalue weighted by Crippen LogP contribution is 2.36. The first kappa shape index (κ1) is 18.9. The molecule has 0 saturated heterocycles. The number of nitrogens with one attached hydrogen (secondary N) is 1. The van der Waals surface area contributed by atoms with E-state index in [2.05, 4.69) is 36.4 Å². The van der Waals surface area contributed by atoms with Gasteiger partial charge in [0.05, 0.1) is 5.56 Å². The third kappa shape index (κ3) is 4.67. The summed E-state index contributed by atoms with van der Waals surface area (Å²) in [6, 6.07) is 17.1. The van der Waals surface area contributed by atoms with Crippen LogP contribution in [0.15, 0.2) is 71.5 Å². The molecule has 4 aromatic rings. The van der Waals surface area contributed by atoms with Crippen LogP contribution in [0.3, 0.4) is 0 Å². The first-order valence-corrected chi connectivity index (χ1v) is 10.3. The van der Waals surface area contributed by atoms with Gasteiger partial charge in [-0.2, -0.15) is 0 Å². The Balaban J connectivity index is 1.55. The lowest BCUT2D eigenvalue weighted by Crippen LogP contribution is -1.97. The highest BCUT2D eigenvalue weighted by molar-refractivity contribution is 9.10. The molecule has 0 amide bonds. The molecule has 8 heteroatoms. The van der Waals surface area contributed by atoms with Gasteiger partial charge in [0.1, 0.15) is 12.4 Å². The van der Waals surface area contributed by atoms with Crippen LogP contribution in [0.1, 0.15) is 5.56 Å². The van der Waals surface area contributed by atoms with Crippen LogP contribution >= 0.6 is 38.9 Å². The van der Waals surface area contributed by atoms with Gasteiger partial charge in [0.25, 0.3) is 0 Å². The molecule has 2 aromatic carbocycles. The largest absolute Gasteiger partial charge is 0.488 e. The van der Waals surface area contributed by atoms with Gasteiger partial charge in [0.15, 0.2) is 5.01 Å². The maximum absolute atomic E-state index is 6.03. The Labute approximate surface area is 179 Å². The second kappa shape index (κ2) is 8.68. The van der Waals surface area contributed by atoms with E-state index < -0.39 is 0 Å². The first-order valence-electron chi connectivity index (χ1n) is 8.35. The minimum Gasteiger partial charge on any atom is -0.488 e. The molecule has 0 aliphatic heterocycles. The Morgan fingerprint density at radius 3 is 2.57 bits per heavy atom. The summed E-state index contributed by atoms with van der Waals surface area (Å²) in [5.41, 5.74) is 2.83. The maximum atomic E-state index is 6.03. The number of rotatable bonds is 6. The van der Waals surface area contributed by atoms with Crippen molar-refractivity contribution in [3.8, 4) is 16.3 Å². The molecule has 5 nitrogen and oxygen atoms in total. The van der Waals surface area contributed by atoms with Crippen LogP contribution in [-0.2, 0) is 6.61 Å². The Hall–Kier alpha value is -2.48. The molecule has 0 radical (unpaired) electrons. The van der Waals surface area contributed by atoms with E-state index in [9.17, 15) is 0 Å². The number of halogens is 2. The third-order valence-corrected chi connectivity index (χ3v) is 5.45. The van der Waals surface area contributed by atoms with Crippen LogP contribution in [0.4, 0.5) is 10.8 Å². The summed E-state index contributed by atoms with van der Waals surface area (Å²) in [6.45, 7) is 0.450. The van der Waals surface area contributed by atoms with Gasteiger partial charge >= 0.3 is 0 Å². The van der Waals surface area contributed by atoms with Crippen molar-refractivity contribution >= 4 is 49.7 Å². The van der Waals surface area contributed by atoms with Crippen molar-refractivity contribution in [3.63, 3.8) is 0 Å². The van der Waals surface area contributed by atoms with Crippen molar-refractivity contribution in [1.82, 2.24) is 15.2 Å². The summed E-state index contributed by atoms with van der Waals surface area (Å²) >= 11 is 10.9. The zero-order chi connectivity index (χ0) is 19.3. The van der Waals surface area contributed by atoms with Gasteiger partial charge in [-0.25, -0.2) is 0 Å². The predicted molar refractivity (Wildman–Crippen MR) is 116 cm³/mol. The van der Waals surface area contributed by atoms with Gasteiger partial charge in [-0.15, -0.1) is 10.2 Å². The summed E-state index contributed by atoms with van der Waals surface area (Å²) in [4.78, 5) is 4.03. The molecule has 0 aliphatic carbocycles. The second-order valence-electron chi connectivity index (χ2n) is 5.83. The number of anilines is 2. The molecule has 4 rings (SSSR count). The fraction of sp³-hybridized carbons (Fsp3) is 0.0500. The lowest BCUT2D eigenvalue weighted by Gasteiger charge is -2.10. The number of pyridine rings is 1. The molecule has 140 valence electrons. The number of aromatic nitrogens is 3. The summed E-state index contributed by atoms with van der Waals surface area (Å²) in [5.74, 6) is 0.745. The minimum atomic E-state index is 0.450. The normalized spacial score (nSPS) is 10.6. The highest BCUT2D eigenvalue weighted by atomic mass is 79.9. The van der Waals surface area contributed by atoms with E-state index in [1.54, 1.807) is 12.4 Å². The quantitative estimate of drug-likeness (QED) is 0.354. The number of ether oxygens (including phenoxy) is 1. The average molecular weight is 474 g/mol. The number of hydrogen-bond donors (Lipinski definition) is 1. The summed E-state index contributed by atoms with van der Waals surface area (Å²) in [6.07, 6.45) is 3.50. The van der Waals surface area contributed by atoms with E-state index in [1.807, 2.05) is 54.6 Å². The summed E-state index contributed by atoms with van der Waals surface area (Å²) in [7, 11) is 0. The molecule has 0 atom stereocenters. The van der Waals surface area contributed by atoms with Gasteiger partial charge < -0.3 is 10.1 Å². The molecule has 2 heterocycles. The van der Waals surface area contributed by atoms with Gasteiger partial charge in [-0.1, -0.05) is 38.9 Å². The first-order chi connectivity index (χ1) is 13.7. The topological polar surface area (TPSA) is 59.9 Å². The number of nitrogens with zero attached hydrogens (tertiary/aromatic N) is 3. The van der Waals surface area contributed by atoms with Crippen LogP contribution in [-0.4, -0.2) is 15.2 Å². The third-order valence-electron chi connectivity index (χ3n) is 3.84. The van der Waals surface area contributed by atoms with Crippen LogP contribution < -0.4 is 10.1 Å². The zero-order valence-corrected chi connectivity index (χ0v) is 17.6. The summed E-state index contributed by atoms with van der Waals surface area (Å²) in [5, 5.41) is 14.0. The SMILES string of the molecule is Clc1ccc(Nc2nnc(-c3cc(Br)ccc3OCc3ccncc3)s2)cc1. The molecule has 0 aliphatic rings. The van der Waals surface area contributed by atoms with Crippen molar-refractivity contribution in [2.24, 2.45) is 0 Å². The Kier molecular flexibility index (Phi) is 5.85. The zero-order valence-electron chi connectivity index (χ0n) is 14.5. The molecule has 28 heavy (non-hydrogen) atoms. The Morgan fingerprint density at radius 1 is 1.00 bits per heavy atom. The van der Waals surface area contributed by atoms with Crippen molar-refractivity contribution in [2.45, 2.75) is 6.61 Å². The molecular weight excluding hydrogens is 460 g/mol. The maximum Gasteiger partial charge on any atom is 0.210 e.